The molecule has 0 bridgehead atoms. The van der Waals surface area contributed by atoms with Crippen molar-refractivity contribution in [2.24, 2.45) is 4.99 Å². The van der Waals surface area contributed by atoms with Gasteiger partial charge in [-0.15, -0.1) is 35.3 Å². The SMILES string of the molecule is CCNC(=NCc1sccc1C)NCCc1ccncc1C.I. The average molecular weight is 444 g/mol. The van der Waals surface area contributed by atoms with E-state index >= 15 is 0 Å². The monoisotopic (exact) mass is 444 g/mol. The smallest absolute Gasteiger partial charge is 0.191 e. The van der Waals surface area contributed by atoms with Crippen LogP contribution in [0.5, 0.6) is 0 Å². The summed E-state index contributed by atoms with van der Waals surface area (Å²) in [5, 5.41) is 8.82. The predicted octanol–water partition coefficient (Wildman–Crippen LogP) is 3.68. The molecule has 0 fully saturated rings. The Hall–Kier alpha value is -1.15. The van der Waals surface area contributed by atoms with Gasteiger partial charge in [-0.3, -0.25) is 4.98 Å². The van der Waals surface area contributed by atoms with Crippen LogP contribution >= 0.6 is 35.3 Å². The summed E-state index contributed by atoms with van der Waals surface area (Å²) in [7, 11) is 0. The fraction of sp³-hybridized carbons (Fsp3) is 0.412. The van der Waals surface area contributed by atoms with E-state index in [1.54, 1.807) is 11.3 Å². The fourth-order valence-electron chi connectivity index (χ4n) is 2.16. The third kappa shape index (κ3) is 6.47. The molecule has 2 aromatic heterocycles. The highest BCUT2D eigenvalue weighted by Gasteiger charge is 2.02. The topological polar surface area (TPSA) is 49.3 Å². The molecule has 0 aliphatic rings. The fourth-order valence-corrected chi connectivity index (χ4v) is 2.99. The van der Waals surface area contributed by atoms with Crippen LogP contribution in [-0.4, -0.2) is 24.0 Å². The van der Waals surface area contributed by atoms with Crippen LogP contribution in [-0.2, 0) is 13.0 Å². The highest BCUT2D eigenvalue weighted by Crippen LogP contribution is 2.16. The van der Waals surface area contributed by atoms with Gasteiger partial charge in [0, 0.05) is 30.4 Å². The minimum Gasteiger partial charge on any atom is -0.357 e. The number of nitrogens with one attached hydrogen (secondary N) is 2. The number of aryl methyl sites for hydroxylation is 2. The molecular weight excluding hydrogens is 419 g/mol. The Balaban J connectivity index is 0.00000264. The third-order valence-electron chi connectivity index (χ3n) is 3.52. The van der Waals surface area contributed by atoms with Crippen molar-refractivity contribution in [3.05, 3.63) is 51.5 Å². The summed E-state index contributed by atoms with van der Waals surface area (Å²) in [5.74, 6) is 0.877. The normalized spacial score (nSPS) is 11.0. The van der Waals surface area contributed by atoms with Crippen LogP contribution in [0, 0.1) is 13.8 Å². The Kier molecular flexibility index (Phi) is 9.16. The van der Waals surface area contributed by atoms with Gasteiger partial charge in [0.2, 0.25) is 0 Å². The first kappa shape index (κ1) is 19.9. The highest BCUT2D eigenvalue weighted by molar-refractivity contribution is 14.0. The van der Waals surface area contributed by atoms with Gasteiger partial charge in [-0.2, -0.15) is 0 Å². The van der Waals surface area contributed by atoms with E-state index < -0.39 is 0 Å². The second-order valence-corrected chi connectivity index (χ2v) is 6.20. The van der Waals surface area contributed by atoms with E-state index in [4.69, 9.17) is 0 Å². The first-order chi connectivity index (χ1) is 10.7. The van der Waals surface area contributed by atoms with Crippen molar-refractivity contribution in [2.75, 3.05) is 13.1 Å². The second kappa shape index (κ2) is 10.6. The summed E-state index contributed by atoms with van der Waals surface area (Å²) in [5.41, 5.74) is 3.88. The lowest BCUT2D eigenvalue weighted by atomic mass is 10.1. The molecule has 0 aliphatic carbocycles. The second-order valence-electron chi connectivity index (χ2n) is 5.20. The van der Waals surface area contributed by atoms with Crippen molar-refractivity contribution in [3.63, 3.8) is 0 Å². The lowest BCUT2D eigenvalue weighted by Gasteiger charge is -2.12. The predicted molar refractivity (Wildman–Crippen MR) is 110 cm³/mol. The van der Waals surface area contributed by atoms with E-state index in [1.165, 1.54) is 21.6 Å². The van der Waals surface area contributed by atoms with Crippen molar-refractivity contribution in [2.45, 2.75) is 33.7 Å². The number of aromatic nitrogens is 1. The minimum absolute atomic E-state index is 0. The number of thiophene rings is 1. The molecule has 23 heavy (non-hydrogen) atoms. The van der Waals surface area contributed by atoms with E-state index in [1.807, 2.05) is 12.4 Å². The van der Waals surface area contributed by atoms with Crippen LogP contribution in [0.3, 0.4) is 0 Å². The van der Waals surface area contributed by atoms with Crippen molar-refractivity contribution >= 4 is 41.3 Å². The van der Waals surface area contributed by atoms with Crippen LogP contribution in [0.1, 0.15) is 28.5 Å². The maximum absolute atomic E-state index is 4.66. The Morgan fingerprint density at radius 2 is 2.04 bits per heavy atom. The summed E-state index contributed by atoms with van der Waals surface area (Å²) in [6, 6.07) is 4.22. The largest absolute Gasteiger partial charge is 0.357 e. The van der Waals surface area contributed by atoms with Crippen molar-refractivity contribution in [1.82, 2.24) is 15.6 Å². The third-order valence-corrected chi connectivity index (χ3v) is 4.52. The van der Waals surface area contributed by atoms with E-state index in [9.17, 15) is 0 Å². The number of aliphatic imine (C=N–C) groups is 1. The maximum Gasteiger partial charge on any atom is 0.191 e. The van der Waals surface area contributed by atoms with Crippen molar-refractivity contribution in [3.8, 4) is 0 Å². The Morgan fingerprint density at radius 3 is 2.70 bits per heavy atom. The zero-order valence-electron chi connectivity index (χ0n) is 13.9. The molecule has 0 aliphatic heterocycles. The highest BCUT2D eigenvalue weighted by atomic mass is 127. The van der Waals surface area contributed by atoms with Crippen molar-refractivity contribution in [1.29, 1.82) is 0 Å². The molecule has 2 rings (SSSR count). The number of hydrogen-bond donors (Lipinski definition) is 2. The van der Waals surface area contributed by atoms with Gasteiger partial charge >= 0.3 is 0 Å². The Labute approximate surface area is 159 Å². The zero-order valence-corrected chi connectivity index (χ0v) is 17.1. The van der Waals surface area contributed by atoms with E-state index in [0.29, 0.717) is 0 Å². The van der Waals surface area contributed by atoms with E-state index in [0.717, 1.165) is 32.0 Å². The molecule has 0 atom stereocenters. The van der Waals surface area contributed by atoms with Crippen LogP contribution in [0.2, 0.25) is 0 Å². The van der Waals surface area contributed by atoms with Crippen LogP contribution < -0.4 is 10.6 Å². The summed E-state index contributed by atoms with van der Waals surface area (Å²) >= 11 is 1.76. The van der Waals surface area contributed by atoms with Gasteiger partial charge in [0.25, 0.3) is 0 Å². The summed E-state index contributed by atoms with van der Waals surface area (Å²) in [4.78, 5) is 10.1. The van der Waals surface area contributed by atoms with E-state index in [-0.39, 0.29) is 24.0 Å². The van der Waals surface area contributed by atoms with Gasteiger partial charge in [0.15, 0.2) is 5.96 Å². The van der Waals surface area contributed by atoms with Crippen molar-refractivity contribution < 1.29 is 0 Å². The number of halogens is 1. The molecule has 4 nitrogen and oxygen atoms in total. The zero-order chi connectivity index (χ0) is 15.8. The van der Waals surface area contributed by atoms with Gasteiger partial charge in [-0.25, -0.2) is 4.99 Å². The average Bonchev–Trinajstić information content (AvgIpc) is 2.92. The summed E-state index contributed by atoms with van der Waals surface area (Å²) in [6.07, 6.45) is 4.73. The number of guanidine groups is 1. The molecule has 0 aromatic carbocycles. The first-order valence-electron chi connectivity index (χ1n) is 7.65. The lowest BCUT2D eigenvalue weighted by molar-refractivity contribution is 0.797. The molecule has 0 amide bonds. The number of rotatable bonds is 6. The Morgan fingerprint density at radius 1 is 1.22 bits per heavy atom. The molecule has 2 aromatic rings. The molecule has 0 saturated heterocycles. The van der Waals surface area contributed by atoms with Gasteiger partial charge in [0.1, 0.15) is 0 Å². The standard InChI is InChI=1S/C17H24N4S.HI/c1-4-19-17(21-12-16-13(2)7-10-22-16)20-9-6-15-5-8-18-11-14(15)3;/h5,7-8,10-11H,4,6,9,12H2,1-3H3,(H2,19,20,21);1H. The van der Waals surface area contributed by atoms with Gasteiger partial charge < -0.3 is 10.6 Å². The molecule has 0 spiro atoms. The summed E-state index contributed by atoms with van der Waals surface area (Å²) in [6.45, 7) is 8.77. The first-order valence-corrected chi connectivity index (χ1v) is 8.53. The van der Waals surface area contributed by atoms with Crippen LogP contribution in [0.4, 0.5) is 0 Å². The van der Waals surface area contributed by atoms with Gasteiger partial charge in [-0.05, 0) is 61.4 Å². The molecule has 0 unspecified atom stereocenters. The molecular formula is C17H25IN4S. The number of pyridine rings is 1. The van der Waals surface area contributed by atoms with Crippen LogP contribution in [0.25, 0.3) is 0 Å². The molecule has 0 saturated carbocycles. The van der Waals surface area contributed by atoms with Gasteiger partial charge in [0.05, 0.1) is 6.54 Å². The number of nitrogens with zero attached hydrogens (tertiary/aromatic N) is 2. The van der Waals surface area contributed by atoms with Gasteiger partial charge in [-0.1, -0.05) is 0 Å². The summed E-state index contributed by atoms with van der Waals surface area (Å²) < 4.78 is 0. The maximum atomic E-state index is 4.66. The minimum atomic E-state index is 0. The number of hydrogen-bond acceptors (Lipinski definition) is 3. The molecule has 6 heteroatoms. The quantitative estimate of drug-likeness (QED) is 0.406. The molecule has 126 valence electrons. The van der Waals surface area contributed by atoms with E-state index in [2.05, 4.69) is 58.9 Å². The van der Waals surface area contributed by atoms with Crippen LogP contribution in [0.15, 0.2) is 34.9 Å². The molecule has 2 N–H and O–H groups in total. The molecule has 2 heterocycles. The Bertz CT molecular complexity index is 625. The molecule has 0 radical (unpaired) electrons. The lowest BCUT2D eigenvalue weighted by Crippen LogP contribution is -2.38.